The normalized spacial score (nSPS) is 10.9. The van der Waals surface area contributed by atoms with Gasteiger partial charge in [-0.15, -0.1) is 0 Å². The van der Waals surface area contributed by atoms with Gasteiger partial charge in [0.2, 0.25) is 0 Å². The average molecular weight is 239 g/mol. The standard InChI is InChI=1S/C14H13N3O/c1-9-6-7-11-13(8-9)17(14(18)16-11)12-5-3-2-4-10(12)15/h2-8H,15H2,1H3,(H,16,18). The van der Waals surface area contributed by atoms with E-state index in [1.807, 2.05) is 43.3 Å². The average Bonchev–Trinajstić information content (AvgIpc) is 2.66. The molecular weight excluding hydrogens is 226 g/mol. The minimum atomic E-state index is -0.173. The van der Waals surface area contributed by atoms with E-state index in [0.717, 1.165) is 16.6 Å². The molecule has 4 heteroatoms. The second-order valence-corrected chi connectivity index (χ2v) is 4.34. The molecule has 1 aromatic heterocycles. The number of anilines is 1. The largest absolute Gasteiger partial charge is 0.397 e. The fourth-order valence-electron chi connectivity index (χ4n) is 2.14. The first kappa shape index (κ1) is 10.7. The number of rotatable bonds is 1. The van der Waals surface area contributed by atoms with Gasteiger partial charge in [-0.2, -0.15) is 0 Å². The van der Waals surface area contributed by atoms with Gasteiger partial charge in [0.1, 0.15) is 0 Å². The van der Waals surface area contributed by atoms with E-state index in [0.29, 0.717) is 11.4 Å². The van der Waals surface area contributed by atoms with Crippen LogP contribution in [0.2, 0.25) is 0 Å². The summed E-state index contributed by atoms with van der Waals surface area (Å²) in [6.45, 7) is 2.00. The van der Waals surface area contributed by atoms with Crippen LogP contribution in [0.4, 0.5) is 5.69 Å². The number of benzene rings is 2. The minimum absolute atomic E-state index is 0.173. The van der Waals surface area contributed by atoms with Crippen LogP contribution < -0.4 is 11.4 Å². The van der Waals surface area contributed by atoms with Crippen LogP contribution in [0, 0.1) is 6.92 Å². The molecule has 0 bridgehead atoms. The van der Waals surface area contributed by atoms with Crippen LogP contribution in [0.25, 0.3) is 16.7 Å². The van der Waals surface area contributed by atoms with Gasteiger partial charge in [-0.3, -0.25) is 4.57 Å². The first-order valence-electron chi connectivity index (χ1n) is 5.73. The maximum absolute atomic E-state index is 12.1. The number of aromatic amines is 1. The summed E-state index contributed by atoms with van der Waals surface area (Å²) >= 11 is 0. The molecule has 1 heterocycles. The molecule has 0 fully saturated rings. The number of para-hydroxylation sites is 2. The Kier molecular flexibility index (Phi) is 2.23. The molecule has 0 spiro atoms. The van der Waals surface area contributed by atoms with E-state index in [1.165, 1.54) is 0 Å². The van der Waals surface area contributed by atoms with Gasteiger partial charge < -0.3 is 10.7 Å². The molecule has 0 unspecified atom stereocenters. The van der Waals surface area contributed by atoms with Crippen LogP contribution in [0.3, 0.4) is 0 Å². The van der Waals surface area contributed by atoms with Gasteiger partial charge >= 0.3 is 5.69 Å². The van der Waals surface area contributed by atoms with Crippen molar-refractivity contribution in [1.29, 1.82) is 0 Å². The van der Waals surface area contributed by atoms with Gasteiger partial charge in [0, 0.05) is 0 Å². The lowest BCUT2D eigenvalue weighted by atomic mass is 10.2. The van der Waals surface area contributed by atoms with Gasteiger partial charge in [0.25, 0.3) is 0 Å². The SMILES string of the molecule is Cc1ccc2[nH]c(=O)n(-c3ccccc3N)c2c1. The van der Waals surface area contributed by atoms with Gasteiger partial charge in [-0.25, -0.2) is 4.79 Å². The van der Waals surface area contributed by atoms with E-state index in [2.05, 4.69) is 4.98 Å². The molecule has 0 aliphatic carbocycles. The Bertz CT molecular complexity index is 783. The van der Waals surface area contributed by atoms with Crippen molar-refractivity contribution in [2.75, 3.05) is 5.73 Å². The van der Waals surface area contributed by atoms with Crippen molar-refractivity contribution >= 4 is 16.7 Å². The number of nitrogens with two attached hydrogens (primary N) is 1. The summed E-state index contributed by atoms with van der Waals surface area (Å²) in [5, 5.41) is 0. The summed E-state index contributed by atoms with van der Waals surface area (Å²) in [5.74, 6) is 0. The fraction of sp³-hybridized carbons (Fsp3) is 0.0714. The van der Waals surface area contributed by atoms with E-state index in [4.69, 9.17) is 5.73 Å². The van der Waals surface area contributed by atoms with Crippen LogP contribution in [0.1, 0.15) is 5.56 Å². The van der Waals surface area contributed by atoms with Crippen LogP contribution >= 0.6 is 0 Å². The van der Waals surface area contributed by atoms with E-state index >= 15 is 0 Å². The molecule has 2 aromatic carbocycles. The van der Waals surface area contributed by atoms with Gasteiger partial charge in [-0.05, 0) is 36.8 Å². The Morgan fingerprint density at radius 1 is 1.17 bits per heavy atom. The highest BCUT2D eigenvalue weighted by atomic mass is 16.1. The molecule has 0 saturated heterocycles. The van der Waals surface area contributed by atoms with E-state index in [-0.39, 0.29) is 5.69 Å². The molecule has 0 atom stereocenters. The van der Waals surface area contributed by atoms with Crippen LogP contribution in [-0.2, 0) is 0 Å². The summed E-state index contributed by atoms with van der Waals surface area (Å²) in [5.41, 5.74) is 9.82. The van der Waals surface area contributed by atoms with Crippen LogP contribution in [-0.4, -0.2) is 9.55 Å². The first-order valence-corrected chi connectivity index (χ1v) is 5.73. The second kappa shape index (κ2) is 3.77. The monoisotopic (exact) mass is 239 g/mol. The Labute approximate surface area is 104 Å². The molecule has 90 valence electrons. The van der Waals surface area contributed by atoms with Crippen molar-refractivity contribution in [1.82, 2.24) is 9.55 Å². The summed E-state index contributed by atoms with van der Waals surface area (Å²) < 4.78 is 1.61. The van der Waals surface area contributed by atoms with Crippen molar-refractivity contribution < 1.29 is 0 Å². The number of imidazole rings is 1. The maximum atomic E-state index is 12.1. The molecule has 18 heavy (non-hydrogen) atoms. The van der Waals surface area contributed by atoms with Crippen LogP contribution in [0.5, 0.6) is 0 Å². The Morgan fingerprint density at radius 3 is 2.72 bits per heavy atom. The van der Waals surface area contributed by atoms with E-state index in [1.54, 1.807) is 10.6 Å². The topological polar surface area (TPSA) is 63.8 Å². The van der Waals surface area contributed by atoms with E-state index < -0.39 is 0 Å². The predicted octanol–water partition coefficient (Wildman–Crippen LogP) is 2.21. The molecular formula is C14H13N3O. The predicted molar refractivity (Wildman–Crippen MR) is 73.0 cm³/mol. The van der Waals surface area contributed by atoms with Gasteiger partial charge in [0.05, 0.1) is 22.4 Å². The lowest BCUT2D eigenvalue weighted by Crippen LogP contribution is -2.15. The molecule has 0 radical (unpaired) electrons. The molecule has 0 aliphatic rings. The quantitative estimate of drug-likeness (QED) is 0.639. The Hall–Kier alpha value is -2.49. The Morgan fingerprint density at radius 2 is 1.94 bits per heavy atom. The number of fused-ring (bicyclic) bond motifs is 1. The number of H-pyrrole nitrogens is 1. The summed E-state index contributed by atoms with van der Waals surface area (Å²) in [7, 11) is 0. The van der Waals surface area contributed by atoms with Gasteiger partial charge in [-0.1, -0.05) is 18.2 Å². The maximum Gasteiger partial charge on any atom is 0.331 e. The number of nitrogen functional groups attached to an aromatic ring is 1. The summed E-state index contributed by atoms with van der Waals surface area (Å²) in [4.78, 5) is 14.9. The third-order valence-corrected chi connectivity index (χ3v) is 3.02. The van der Waals surface area contributed by atoms with Crippen molar-refractivity contribution in [3.8, 4) is 5.69 Å². The molecule has 3 rings (SSSR count). The fourth-order valence-corrected chi connectivity index (χ4v) is 2.14. The van der Waals surface area contributed by atoms with Gasteiger partial charge in [0.15, 0.2) is 0 Å². The highest BCUT2D eigenvalue weighted by molar-refractivity contribution is 5.79. The van der Waals surface area contributed by atoms with Crippen molar-refractivity contribution in [2.45, 2.75) is 6.92 Å². The molecule has 0 aliphatic heterocycles. The zero-order valence-electron chi connectivity index (χ0n) is 9.97. The van der Waals surface area contributed by atoms with Crippen molar-refractivity contribution in [3.63, 3.8) is 0 Å². The number of aryl methyl sites for hydroxylation is 1. The first-order chi connectivity index (χ1) is 8.66. The number of hydrogen-bond donors (Lipinski definition) is 2. The molecule has 0 amide bonds. The van der Waals surface area contributed by atoms with Crippen molar-refractivity contribution in [3.05, 3.63) is 58.5 Å². The summed E-state index contributed by atoms with van der Waals surface area (Å²) in [6.07, 6.45) is 0. The number of hydrogen-bond acceptors (Lipinski definition) is 2. The molecule has 3 N–H and O–H groups in total. The van der Waals surface area contributed by atoms with Crippen LogP contribution in [0.15, 0.2) is 47.3 Å². The molecule has 0 saturated carbocycles. The minimum Gasteiger partial charge on any atom is -0.397 e. The lowest BCUT2D eigenvalue weighted by molar-refractivity contribution is 1.02. The summed E-state index contributed by atoms with van der Waals surface area (Å²) in [6, 6.07) is 13.2. The van der Waals surface area contributed by atoms with Crippen molar-refractivity contribution in [2.24, 2.45) is 0 Å². The third kappa shape index (κ3) is 1.50. The third-order valence-electron chi connectivity index (χ3n) is 3.02. The number of aromatic nitrogens is 2. The Balaban J connectivity index is 2.42. The lowest BCUT2D eigenvalue weighted by Gasteiger charge is -2.06. The highest BCUT2D eigenvalue weighted by Crippen LogP contribution is 2.20. The molecule has 4 nitrogen and oxygen atoms in total. The zero-order valence-corrected chi connectivity index (χ0v) is 9.97. The molecule has 3 aromatic rings. The number of nitrogens with zero attached hydrogens (tertiary/aromatic N) is 1. The second-order valence-electron chi connectivity index (χ2n) is 4.34. The van der Waals surface area contributed by atoms with E-state index in [9.17, 15) is 4.79 Å². The smallest absolute Gasteiger partial charge is 0.331 e. The zero-order chi connectivity index (χ0) is 12.7. The highest BCUT2D eigenvalue weighted by Gasteiger charge is 2.10. The number of nitrogens with one attached hydrogen (secondary N) is 1.